The molecule has 0 amide bonds. The summed E-state index contributed by atoms with van der Waals surface area (Å²) in [4.78, 5) is 5.27. The number of thiophene rings is 1. The van der Waals surface area contributed by atoms with Gasteiger partial charge in [-0.15, -0.1) is 11.3 Å². The summed E-state index contributed by atoms with van der Waals surface area (Å²) in [5.74, 6) is 1.07. The lowest BCUT2D eigenvalue weighted by Crippen LogP contribution is -2.24. The Hall–Kier alpha value is -1.22. The Morgan fingerprint density at radius 3 is 2.71 bits per heavy atom. The van der Waals surface area contributed by atoms with Crippen LogP contribution in [0.5, 0.6) is 0 Å². The second kappa shape index (κ2) is 6.69. The van der Waals surface area contributed by atoms with Crippen LogP contribution >= 0.6 is 11.3 Å². The lowest BCUT2D eigenvalue weighted by molar-refractivity contribution is 0.463. The number of nitrogens with one attached hydrogen (secondary N) is 2. The number of hydrogen-bond donors (Lipinski definition) is 2. The maximum atomic E-state index is 12.3. The topological polar surface area (TPSA) is 84.2 Å². The molecule has 0 aliphatic carbocycles. The van der Waals surface area contributed by atoms with E-state index >= 15 is 0 Å². The van der Waals surface area contributed by atoms with E-state index in [-0.39, 0.29) is 6.54 Å². The minimum absolute atomic E-state index is 0.0491. The third-order valence-corrected chi connectivity index (χ3v) is 5.55. The Bertz CT molecular complexity index is 685. The molecule has 8 heteroatoms. The average molecular weight is 329 g/mol. The molecule has 0 saturated carbocycles. The second-order valence-corrected chi connectivity index (χ2v) is 7.30. The lowest BCUT2D eigenvalue weighted by Gasteiger charge is -2.06. The number of aromatic nitrogens is 1. The van der Waals surface area contributed by atoms with Crippen molar-refractivity contribution in [3.05, 3.63) is 33.7 Å². The van der Waals surface area contributed by atoms with Gasteiger partial charge in [-0.1, -0.05) is 6.92 Å². The summed E-state index contributed by atoms with van der Waals surface area (Å²) in [5.41, 5.74) is 0.771. The monoisotopic (exact) mass is 329 g/mol. The predicted octanol–water partition coefficient (Wildman–Crippen LogP) is 1.94. The summed E-state index contributed by atoms with van der Waals surface area (Å²) in [6.07, 6.45) is 0. The molecule has 2 aromatic rings. The van der Waals surface area contributed by atoms with E-state index < -0.39 is 10.0 Å². The van der Waals surface area contributed by atoms with Crippen molar-refractivity contribution < 1.29 is 12.8 Å². The van der Waals surface area contributed by atoms with Gasteiger partial charge < -0.3 is 9.73 Å². The summed E-state index contributed by atoms with van der Waals surface area (Å²) in [6.45, 7) is 6.99. The lowest BCUT2D eigenvalue weighted by atomic mass is 10.4. The Kier molecular flexibility index (Phi) is 5.15. The summed E-state index contributed by atoms with van der Waals surface area (Å²) in [7, 11) is -3.56. The zero-order chi connectivity index (χ0) is 15.5. The molecule has 21 heavy (non-hydrogen) atoms. The predicted molar refractivity (Wildman–Crippen MR) is 81.7 cm³/mol. The molecule has 0 aliphatic heterocycles. The van der Waals surface area contributed by atoms with Crippen molar-refractivity contribution in [2.24, 2.45) is 0 Å². The van der Waals surface area contributed by atoms with Crippen molar-refractivity contribution in [2.75, 3.05) is 6.54 Å². The van der Waals surface area contributed by atoms with E-state index in [1.807, 2.05) is 13.8 Å². The zero-order valence-electron chi connectivity index (χ0n) is 12.3. The van der Waals surface area contributed by atoms with Crippen molar-refractivity contribution in [3.8, 4) is 0 Å². The van der Waals surface area contributed by atoms with Crippen LogP contribution in [0.1, 0.15) is 29.1 Å². The van der Waals surface area contributed by atoms with Gasteiger partial charge in [0.2, 0.25) is 15.9 Å². The summed E-state index contributed by atoms with van der Waals surface area (Å²) >= 11 is 1.42. The molecule has 0 radical (unpaired) electrons. The van der Waals surface area contributed by atoms with E-state index in [1.54, 1.807) is 18.4 Å². The normalized spacial score (nSPS) is 12.0. The number of sulfonamides is 1. The number of oxazole rings is 1. The summed E-state index contributed by atoms with van der Waals surface area (Å²) < 4.78 is 32.6. The van der Waals surface area contributed by atoms with Crippen LogP contribution in [-0.2, 0) is 23.1 Å². The van der Waals surface area contributed by atoms with Crippen LogP contribution < -0.4 is 10.0 Å². The summed E-state index contributed by atoms with van der Waals surface area (Å²) in [6, 6.07) is 1.62. The highest BCUT2D eigenvalue weighted by molar-refractivity contribution is 7.89. The molecule has 0 aliphatic rings. The summed E-state index contributed by atoms with van der Waals surface area (Å²) in [5, 5.41) is 4.91. The van der Waals surface area contributed by atoms with Crippen LogP contribution in [-0.4, -0.2) is 19.9 Å². The van der Waals surface area contributed by atoms with Crippen LogP contribution in [0.25, 0.3) is 0 Å². The van der Waals surface area contributed by atoms with Crippen LogP contribution in [0, 0.1) is 13.8 Å². The average Bonchev–Trinajstić information content (AvgIpc) is 3.02. The molecule has 0 aromatic carbocycles. The zero-order valence-corrected chi connectivity index (χ0v) is 13.9. The first-order chi connectivity index (χ1) is 9.94. The third kappa shape index (κ3) is 3.91. The molecule has 6 nitrogen and oxygen atoms in total. The van der Waals surface area contributed by atoms with E-state index in [1.165, 1.54) is 11.3 Å². The SMILES string of the molecule is CCNCc1sccc1S(=O)(=O)NCc1nc(C)c(C)o1. The standard InChI is InChI=1S/C13H19N3O3S2/c1-4-14-7-11-12(5-6-20-11)21(17,18)15-8-13-16-9(2)10(3)19-13/h5-6,14-15H,4,7-8H2,1-3H3. The minimum atomic E-state index is -3.56. The fraction of sp³-hybridized carbons (Fsp3) is 0.462. The maximum Gasteiger partial charge on any atom is 0.242 e. The largest absolute Gasteiger partial charge is 0.444 e. The molecule has 0 fully saturated rings. The number of rotatable bonds is 7. The highest BCUT2D eigenvalue weighted by Crippen LogP contribution is 2.22. The van der Waals surface area contributed by atoms with Gasteiger partial charge in [0, 0.05) is 11.4 Å². The van der Waals surface area contributed by atoms with Crippen molar-refractivity contribution in [1.29, 1.82) is 0 Å². The van der Waals surface area contributed by atoms with Gasteiger partial charge in [0.25, 0.3) is 0 Å². The van der Waals surface area contributed by atoms with Crippen LogP contribution in [0.15, 0.2) is 20.8 Å². The molecule has 2 rings (SSSR count). The van der Waals surface area contributed by atoms with Gasteiger partial charge in [-0.3, -0.25) is 0 Å². The molecular formula is C13H19N3O3S2. The Morgan fingerprint density at radius 2 is 2.10 bits per heavy atom. The van der Waals surface area contributed by atoms with Gasteiger partial charge in [-0.2, -0.15) is 0 Å². The molecule has 0 bridgehead atoms. The second-order valence-electron chi connectivity index (χ2n) is 4.56. The molecule has 2 aromatic heterocycles. The first-order valence-corrected chi connectivity index (χ1v) is 9.00. The fourth-order valence-electron chi connectivity index (χ4n) is 1.79. The molecule has 0 spiro atoms. The van der Waals surface area contributed by atoms with Crippen molar-refractivity contribution in [2.45, 2.75) is 38.8 Å². The van der Waals surface area contributed by atoms with Gasteiger partial charge in [0.05, 0.1) is 17.1 Å². The van der Waals surface area contributed by atoms with Crippen LogP contribution in [0.3, 0.4) is 0 Å². The van der Waals surface area contributed by atoms with Crippen molar-refractivity contribution >= 4 is 21.4 Å². The van der Waals surface area contributed by atoms with E-state index in [2.05, 4.69) is 15.0 Å². The molecule has 2 N–H and O–H groups in total. The van der Waals surface area contributed by atoms with Gasteiger partial charge >= 0.3 is 0 Å². The highest BCUT2D eigenvalue weighted by Gasteiger charge is 2.20. The fourth-order valence-corrected chi connectivity index (χ4v) is 4.17. The Labute approximate surface area is 128 Å². The van der Waals surface area contributed by atoms with E-state index in [0.29, 0.717) is 23.1 Å². The molecule has 116 valence electrons. The van der Waals surface area contributed by atoms with Gasteiger partial charge in [-0.25, -0.2) is 18.1 Å². The first-order valence-electron chi connectivity index (χ1n) is 6.63. The van der Waals surface area contributed by atoms with Crippen LogP contribution in [0.4, 0.5) is 0 Å². The number of aryl methyl sites for hydroxylation is 2. The van der Waals surface area contributed by atoms with Crippen molar-refractivity contribution in [1.82, 2.24) is 15.0 Å². The Morgan fingerprint density at radius 1 is 1.33 bits per heavy atom. The first kappa shape index (κ1) is 16.2. The molecular weight excluding hydrogens is 310 g/mol. The number of nitrogens with zero attached hydrogens (tertiary/aromatic N) is 1. The third-order valence-electron chi connectivity index (χ3n) is 3.02. The molecule has 0 atom stereocenters. The van der Waals surface area contributed by atoms with Crippen molar-refractivity contribution in [3.63, 3.8) is 0 Å². The molecule has 2 heterocycles. The maximum absolute atomic E-state index is 12.3. The smallest absolute Gasteiger partial charge is 0.242 e. The number of hydrogen-bond acceptors (Lipinski definition) is 6. The molecule has 0 saturated heterocycles. The van der Waals surface area contributed by atoms with Gasteiger partial charge in [-0.05, 0) is 31.8 Å². The Balaban J connectivity index is 2.09. The van der Waals surface area contributed by atoms with Gasteiger partial charge in [0.1, 0.15) is 5.76 Å². The van der Waals surface area contributed by atoms with E-state index in [4.69, 9.17) is 4.42 Å². The van der Waals surface area contributed by atoms with E-state index in [9.17, 15) is 8.42 Å². The minimum Gasteiger partial charge on any atom is -0.444 e. The quantitative estimate of drug-likeness (QED) is 0.811. The molecule has 0 unspecified atom stereocenters. The van der Waals surface area contributed by atoms with E-state index in [0.717, 1.165) is 17.1 Å². The van der Waals surface area contributed by atoms with Crippen LogP contribution in [0.2, 0.25) is 0 Å². The van der Waals surface area contributed by atoms with Gasteiger partial charge in [0.15, 0.2) is 0 Å². The highest BCUT2D eigenvalue weighted by atomic mass is 32.2.